The van der Waals surface area contributed by atoms with E-state index in [1.54, 1.807) is 0 Å². The maximum absolute atomic E-state index is 11.5. The van der Waals surface area contributed by atoms with Crippen LogP contribution in [0.2, 0.25) is 0 Å². The van der Waals surface area contributed by atoms with Gasteiger partial charge in [0.25, 0.3) is 0 Å². The minimum atomic E-state index is -0.120. The maximum Gasteiger partial charge on any atom is 0.320 e. The van der Waals surface area contributed by atoms with E-state index in [1.807, 2.05) is 18.7 Å². The zero-order chi connectivity index (χ0) is 13.7. The number of carbonyl (C=O) groups excluding carboxylic acids is 1. The van der Waals surface area contributed by atoms with Crippen LogP contribution >= 0.6 is 11.8 Å². The largest absolute Gasteiger partial charge is 0.465 e. The minimum Gasteiger partial charge on any atom is -0.465 e. The fraction of sp³-hybridized carbons (Fsp3) is 0.533. The Morgan fingerprint density at radius 3 is 2.89 bits per heavy atom. The first-order chi connectivity index (χ1) is 9.22. The van der Waals surface area contributed by atoms with Crippen molar-refractivity contribution >= 4 is 17.7 Å². The Morgan fingerprint density at radius 2 is 2.21 bits per heavy atom. The number of ether oxygens (including phenoxy) is 1. The van der Waals surface area contributed by atoms with Crippen molar-refractivity contribution in [3.8, 4) is 0 Å². The highest BCUT2D eigenvalue weighted by molar-refractivity contribution is 8.00. The summed E-state index contributed by atoms with van der Waals surface area (Å²) in [5, 5.41) is 0.548. The van der Waals surface area contributed by atoms with Gasteiger partial charge in [-0.2, -0.15) is 0 Å². The van der Waals surface area contributed by atoms with Crippen molar-refractivity contribution in [3.63, 3.8) is 0 Å². The summed E-state index contributed by atoms with van der Waals surface area (Å²) in [6, 6.07) is 8.56. The first kappa shape index (κ1) is 14.4. The third-order valence-corrected chi connectivity index (χ3v) is 4.58. The van der Waals surface area contributed by atoms with Crippen LogP contribution in [-0.4, -0.2) is 42.4 Å². The number of rotatable bonds is 6. The molecule has 4 heteroatoms. The molecule has 1 atom stereocenters. The van der Waals surface area contributed by atoms with E-state index in [0.717, 1.165) is 19.5 Å². The van der Waals surface area contributed by atoms with Crippen molar-refractivity contribution in [2.45, 2.75) is 30.4 Å². The lowest BCUT2D eigenvalue weighted by Crippen LogP contribution is -2.35. The lowest BCUT2D eigenvalue weighted by molar-refractivity contribution is -0.144. The monoisotopic (exact) mass is 279 g/mol. The van der Waals surface area contributed by atoms with Crippen molar-refractivity contribution in [3.05, 3.63) is 29.8 Å². The molecule has 0 amide bonds. The molecule has 0 spiro atoms. The highest BCUT2D eigenvalue weighted by atomic mass is 32.2. The molecule has 1 heterocycles. The highest BCUT2D eigenvalue weighted by Crippen LogP contribution is 2.36. The second-order valence-electron chi connectivity index (χ2n) is 4.68. The van der Waals surface area contributed by atoms with Gasteiger partial charge < -0.3 is 4.74 Å². The van der Waals surface area contributed by atoms with E-state index >= 15 is 0 Å². The zero-order valence-corrected chi connectivity index (χ0v) is 12.4. The van der Waals surface area contributed by atoms with Crippen molar-refractivity contribution < 1.29 is 9.53 Å². The Labute approximate surface area is 119 Å². The molecule has 104 valence electrons. The van der Waals surface area contributed by atoms with E-state index in [2.05, 4.69) is 36.1 Å². The molecule has 1 unspecified atom stereocenters. The lowest BCUT2D eigenvalue weighted by Gasteiger charge is -2.22. The molecule has 1 aromatic rings. The molecule has 0 bridgehead atoms. The molecule has 0 saturated carbocycles. The van der Waals surface area contributed by atoms with Crippen molar-refractivity contribution in [2.75, 3.05) is 26.2 Å². The first-order valence-corrected chi connectivity index (χ1v) is 7.73. The normalized spacial score (nSPS) is 17.5. The van der Waals surface area contributed by atoms with Crippen LogP contribution in [0, 0.1) is 0 Å². The fourth-order valence-electron chi connectivity index (χ4n) is 2.34. The third kappa shape index (κ3) is 3.98. The number of likely N-dealkylation sites (N-methyl/N-ethyl adjacent to an activating group) is 1. The Kier molecular flexibility index (Phi) is 5.28. The molecule has 3 nitrogen and oxygen atoms in total. The Hall–Kier alpha value is -1.00. The van der Waals surface area contributed by atoms with E-state index < -0.39 is 0 Å². The van der Waals surface area contributed by atoms with Crippen LogP contribution < -0.4 is 0 Å². The van der Waals surface area contributed by atoms with Gasteiger partial charge in [-0.05, 0) is 31.5 Å². The van der Waals surface area contributed by atoms with E-state index in [0.29, 0.717) is 18.4 Å². The van der Waals surface area contributed by atoms with Crippen molar-refractivity contribution in [1.29, 1.82) is 0 Å². The summed E-state index contributed by atoms with van der Waals surface area (Å²) < 4.78 is 5.01. The smallest absolute Gasteiger partial charge is 0.320 e. The Morgan fingerprint density at radius 1 is 1.42 bits per heavy atom. The molecular formula is C15H21NO2S. The number of hydrogen-bond donors (Lipinski definition) is 0. The predicted molar refractivity (Wildman–Crippen MR) is 78.5 cm³/mol. The van der Waals surface area contributed by atoms with Gasteiger partial charge in [-0.1, -0.05) is 25.1 Å². The van der Waals surface area contributed by atoms with Crippen LogP contribution in [0.3, 0.4) is 0 Å². The van der Waals surface area contributed by atoms with Gasteiger partial charge in [0.05, 0.1) is 13.2 Å². The van der Waals surface area contributed by atoms with Gasteiger partial charge in [-0.25, -0.2) is 0 Å². The summed E-state index contributed by atoms with van der Waals surface area (Å²) in [5.74, 6) is -0.120. The Balaban J connectivity index is 1.86. The predicted octanol–water partition coefficient (Wildman–Crippen LogP) is 2.59. The van der Waals surface area contributed by atoms with Crippen LogP contribution in [0.4, 0.5) is 0 Å². The van der Waals surface area contributed by atoms with Gasteiger partial charge in [0, 0.05) is 16.7 Å². The Bertz CT molecular complexity index is 411. The summed E-state index contributed by atoms with van der Waals surface area (Å²) in [7, 11) is 0. The van der Waals surface area contributed by atoms with Gasteiger partial charge in [0.1, 0.15) is 0 Å². The van der Waals surface area contributed by atoms with Gasteiger partial charge in [-0.3, -0.25) is 9.69 Å². The molecule has 0 radical (unpaired) electrons. The fourth-order valence-corrected chi connectivity index (χ4v) is 3.71. The first-order valence-electron chi connectivity index (χ1n) is 6.85. The van der Waals surface area contributed by atoms with Crippen LogP contribution in [0.5, 0.6) is 0 Å². The molecule has 0 aliphatic carbocycles. The molecule has 0 N–H and O–H groups in total. The molecule has 0 fully saturated rings. The number of benzene rings is 1. The van der Waals surface area contributed by atoms with E-state index in [-0.39, 0.29) is 5.97 Å². The van der Waals surface area contributed by atoms with E-state index in [1.165, 1.54) is 10.5 Å². The zero-order valence-electron chi connectivity index (χ0n) is 11.6. The van der Waals surface area contributed by atoms with Crippen molar-refractivity contribution in [2.24, 2.45) is 0 Å². The summed E-state index contributed by atoms with van der Waals surface area (Å²) in [6.07, 6.45) is 1.10. The molecule has 19 heavy (non-hydrogen) atoms. The standard InChI is InChI=1S/C15H21NO2S/c1-3-16(11-15(17)18-4-2)10-13-9-12-7-5-6-8-14(12)19-13/h5-8,13H,3-4,9-11H2,1-2H3. The number of esters is 1. The van der Waals surface area contributed by atoms with Gasteiger partial charge in [0.2, 0.25) is 0 Å². The van der Waals surface area contributed by atoms with Crippen LogP contribution in [0.25, 0.3) is 0 Å². The van der Waals surface area contributed by atoms with Crippen molar-refractivity contribution in [1.82, 2.24) is 4.90 Å². The lowest BCUT2D eigenvalue weighted by atomic mass is 10.1. The van der Waals surface area contributed by atoms with Crippen LogP contribution in [-0.2, 0) is 16.0 Å². The second kappa shape index (κ2) is 6.96. The minimum absolute atomic E-state index is 0.120. The molecule has 1 aliphatic heterocycles. The number of fused-ring (bicyclic) bond motifs is 1. The van der Waals surface area contributed by atoms with E-state index in [9.17, 15) is 4.79 Å². The second-order valence-corrected chi connectivity index (χ2v) is 6.03. The molecule has 0 aromatic heterocycles. The van der Waals surface area contributed by atoms with Crippen LogP contribution in [0.15, 0.2) is 29.2 Å². The summed E-state index contributed by atoms with van der Waals surface area (Å²) in [6.45, 7) is 6.61. The van der Waals surface area contributed by atoms with Gasteiger partial charge in [-0.15, -0.1) is 11.8 Å². The molecule has 0 saturated heterocycles. The highest BCUT2D eigenvalue weighted by Gasteiger charge is 2.24. The molecular weight excluding hydrogens is 258 g/mol. The maximum atomic E-state index is 11.5. The number of nitrogens with zero attached hydrogens (tertiary/aromatic N) is 1. The summed E-state index contributed by atoms with van der Waals surface area (Å²) >= 11 is 1.93. The summed E-state index contributed by atoms with van der Waals surface area (Å²) in [4.78, 5) is 15.1. The average Bonchev–Trinajstić information content (AvgIpc) is 2.80. The SMILES string of the molecule is CCOC(=O)CN(CC)CC1Cc2ccccc2S1. The van der Waals surface area contributed by atoms with Gasteiger partial charge in [0.15, 0.2) is 0 Å². The quantitative estimate of drug-likeness (QED) is 0.749. The van der Waals surface area contributed by atoms with E-state index in [4.69, 9.17) is 4.74 Å². The molecule has 1 aliphatic rings. The van der Waals surface area contributed by atoms with Crippen LogP contribution in [0.1, 0.15) is 19.4 Å². The number of hydrogen-bond acceptors (Lipinski definition) is 4. The summed E-state index contributed by atoms with van der Waals surface area (Å²) in [5.41, 5.74) is 1.43. The average molecular weight is 279 g/mol. The number of carbonyl (C=O) groups is 1. The number of thioether (sulfide) groups is 1. The molecule has 2 rings (SSSR count). The van der Waals surface area contributed by atoms with Gasteiger partial charge >= 0.3 is 5.97 Å². The topological polar surface area (TPSA) is 29.5 Å². The third-order valence-electron chi connectivity index (χ3n) is 3.28. The molecule has 1 aromatic carbocycles.